The summed E-state index contributed by atoms with van der Waals surface area (Å²) >= 11 is 5.93. The van der Waals surface area contributed by atoms with Gasteiger partial charge in [0.15, 0.2) is 6.04 Å². The first-order valence-corrected chi connectivity index (χ1v) is 6.50. The third-order valence-corrected chi connectivity index (χ3v) is 3.07. The fraction of sp³-hybridized carbons (Fsp3) is 0.308. The van der Waals surface area contributed by atoms with Crippen LogP contribution in [0.5, 0.6) is 0 Å². The maximum atomic E-state index is 11.8. The van der Waals surface area contributed by atoms with Gasteiger partial charge in [-0.15, -0.1) is 0 Å². The Morgan fingerprint density at radius 1 is 1.19 bits per heavy atom. The second kappa shape index (κ2) is 7.49. The van der Waals surface area contributed by atoms with Crippen LogP contribution in [0.1, 0.15) is 18.5 Å². The summed E-state index contributed by atoms with van der Waals surface area (Å²) in [6.45, 7) is 1.48. The summed E-state index contributed by atoms with van der Waals surface area (Å²) in [4.78, 5) is 34.3. The number of amides is 3. The fourth-order valence-electron chi connectivity index (χ4n) is 1.63. The normalized spacial score (nSPS) is 12.9. The predicted octanol–water partition coefficient (Wildman–Crippen LogP) is 0.899. The fourth-order valence-corrected chi connectivity index (χ4v) is 1.88. The second-order valence-electron chi connectivity index (χ2n) is 4.25. The average Bonchev–Trinajstić information content (AvgIpc) is 2.44. The SMILES string of the molecule is CNC(=O)C(C)NC(=O)N[C@@H](C(=O)O)c1ccccc1Cl. The van der Waals surface area contributed by atoms with Crippen molar-refractivity contribution in [2.75, 3.05) is 7.05 Å². The van der Waals surface area contributed by atoms with Crippen LogP contribution in [-0.2, 0) is 9.59 Å². The van der Waals surface area contributed by atoms with Crippen LogP contribution in [0.3, 0.4) is 0 Å². The maximum Gasteiger partial charge on any atom is 0.331 e. The van der Waals surface area contributed by atoms with Crippen LogP contribution >= 0.6 is 11.6 Å². The highest BCUT2D eigenvalue weighted by molar-refractivity contribution is 6.31. The van der Waals surface area contributed by atoms with Crippen molar-refractivity contribution in [1.82, 2.24) is 16.0 Å². The molecule has 0 aliphatic carbocycles. The molecule has 1 aromatic carbocycles. The third kappa shape index (κ3) is 4.64. The molecule has 3 amide bonds. The second-order valence-corrected chi connectivity index (χ2v) is 4.65. The number of carbonyl (C=O) groups is 3. The lowest BCUT2D eigenvalue weighted by Crippen LogP contribution is -2.49. The van der Waals surface area contributed by atoms with Gasteiger partial charge in [0.1, 0.15) is 6.04 Å². The van der Waals surface area contributed by atoms with E-state index in [2.05, 4.69) is 16.0 Å². The number of benzene rings is 1. The number of rotatable bonds is 5. The molecule has 0 aliphatic rings. The van der Waals surface area contributed by atoms with Crippen LogP contribution < -0.4 is 16.0 Å². The van der Waals surface area contributed by atoms with Crippen molar-refractivity contribution in [1.29, 1.82) is 0 Å². The molecule has 0 saturated carbocycles. The van der Waals surface area contributed by atoms with Crippen molar-refractivity contribution in [2.45, 2.75) is 19.0 Å². The summed E-state index contributed by atoms with van der Waals surface area (Å²) in [5.74, 6) is -1.65. The van der Waals surface area contributed by atoms with Gasteiger partial charge in [0.2, 0.25) is 5.91 Å². The molecule has 1 aromatic rings. The van der Waals surface area contributed by atoms with Gasteiger partial charge >= 0.3 is 12.0 Å². The van der Waals surface area contributed by atoms with E-state index in [0.29, 0.717) is 0 Å². The highest BCUT2D eigenvalue weighted by atomic mass is 35.5. The molecule has 21 heavy (non-hydrogen) atoms. The minimum absolute atomic E-state index is 0.226. The van der Waals surface area contributed by atoms with Gasteiger partial charge < -0.3 is 21.1 Å². The Kier molecular flexibility index (Phi) is 5.98. The Labute approximate surface area is 126 Å². The minimum Gasteiger partial charge on any atom is -0.479 e. The van der Waals surface area contributed by atoms with Gasteiger partial charge in [0, 0.05) is 17.6 Å². The average molecular weight is 314 g/mol. The molecule has 1 unspecified atom stereocenters. The molecule has 0 fully saturated rings. The van der Waals surface area contributed by atoms with E-state index in [1.807, 2.05) is 0 Å². The summed E-state index contributed by atoms with van der Waals surface area (Å²) in [5, 5.41) is 16.4. The van der Waals surface area contributed by atoms with E-state index in [4.69, 9.17) is 11.6 Å². The van der Waals surface area contributed by atoms with E-state index < -0.39 is 30.0 Å². The smallest absolute Gasteiger partial charge is 0.331 e. The van der Waals surface area contributed by atoms with Gasteiger partial charge in [0.25, 0.3) is 0 Å². The number of hydrogen-bond donors (Lipinski definition) is 4. The molecule has 0 heterocycles. The minimum atomic E-state index is -1.31. The van der Waals surface area contributed by atoms with Gasteiger partial charge in [-0.2, -0.15) is 0 Å². The zero-order valence-electron chi connectivity index (χ0n) is 11.5. The van der Waals surface area contributed by atoms with Gasteiger partial charge in [-0.05, 0) is 13.0 Å². The van der Waals surface area contributed by atoms with E-state index in [-0.39, 0.29) is 10.6 Å². The lowest BCUT2D eigenvalue weighted by atomic mass is 10.1. The molecule has 0 radical (unpaired) electrons. The number of carbonyl (C=O) groups excluding carboxylic acids is 2. The molecular weight excluding hydrogens is 298 g/mol. The molecule has 0 aliphatic heterocycles. The molecular formula is C13H16ClN3O4. The van der Waals surface area contributed by atoms with Crippen LogP contribution in [-0.4, -0.2) is 36.1 Å². The largest absolute Gasteiger partial charge is 0.479 e. The third-order valence-electron chi connectivity index (χ3n) is 2.73. The molecule has 2 atom stereocenters. The predicted molar refractivity (Wildman–Crippen MR) is 77.0 cm³/mol. The number of likely N-dealkylation sites (N-methyl/N-ethyl adjacent to an activating group) is 1. The number of carboxylic acids is 1. The highest BCUT2D eigenvalue weighted by Crippen LogP contribution is 2.22. The van der Waals surface area contributed by atoms with E-state index >= 15 is 0 Å². The number of halogens is 1. The van der Waals surface area contributed by atoms with E-state index in [1.165, 1.54) is 26.1 Å². The molecule has 0 bridgehead atoms. The summed E-state index contributed by atoms with van der Waals surface area (Å²) in [7, 11) is 1.43. The number of carboxylic acid groups (broad SMARTS) is 1. The zero-order chi connectivity index (χ0) is 16.0. The molecule has 4 N–H and O–H groups in total. The topological polar surface area (TPSA) is 108 Å². The Hall–Kier alpha value is -2.28. The lowest BCUT2D eigenvalue weighted by molar-refractivity contribution is -0.139. The Morgan fingerprint density at radius 3 is 2.33 bits per heavy atom. The van der Waals surface area contributed by atoms with E-state index in [1.54, 1.807) is 12.1 Å². The van der Waals surface area contributed by atoms with Gasteiger partial charge in [0.05, 0.1) is 0 Å². The molecule has 7 nitrogen and oxygen atoms in total. The quantitative estimate of drug-likeness (QED) is 0.647. The molecule has 1 rings (SSSR count). The Balaban J connectivity index is 2.81. The van der Waals surface area contributed by atoms with Crippen LogP contribution in [0.25, 0.3) is 0 Å². The van der Waals surface area contributed by atoms with Crippen molar-refractivity contribution in [3.63, 3.8) is 0 Å². The molecule has 0 saturated heterocycles. The van der Waals surface area contributed by atoms with Crippen molar-refractivity contribution in [2.24, 2.45) is 0 Å². The number of nitrogens with one attached hydrogen (secondary N) is 3. The first-order chi connectivity index (χ1) is 9.86. The Bertz CT molecular complexity index is 550. The highest BCUT2D eigenvalue weighted by Gasteiger charge is 2.25. The molecule has 114 valence electrons. The van der Waals surface area contributed by atoms with Crippen LogP contribution in [0, 0.1) is 0 Å². The maximum absolute atomic E-state index is 11.8. The zero-order valence-corrected chi connectivity index (χ0v) is 12.3. The summed E-state index contributed by atoms with van der Waals surface area (Å²) in [5.41, 5.74) is 0.259. The van der Waals surface area contributed by atoms with E-state index in [0.717, 1.165) is 0 Å². The first-order valence-electron chi connectivity index (χ1n) is 6.12. The standard InChI is InChI=1S/C13H16ClN3O4/c1-7(11(18)15-2)16-13(21)17-10(12(19)20)8-5-3-4-6-9(8)14/h3-7,10H,1-2H3,(H,15,18)(H,19,20)(H2,16,17,21)/t7?,10-/m1/s1. The number of urea groups is 1. The van der Waals surface area contributed by atoms with Gasteiger partial charge in [-0.3, -0.25) is 4.79 Å². The van der Waals surface area contributed by atoms with Crippen molar-refractivity contribution in [3.05, 3.63) is 34.9 Å². The van der Waals surface area contributed by atoms with Gasteiger partial charge in [-0.1, -0.05) is 29.8 Å². The van der Waals surface area contributed by atoms with Crippen molar-refractivity contribution < 1.29 is 19.5 Å². The summed E-state index contributed by atoms with van der Waals surface area (Å²) in [6.07, 6.45) is 0. The van der Waals surface area contributed by atoms with Gasteiger partial charge in [-0.25, -0.2) is 9.59 Å². The number of aliphatic carboxylic acids is 1. The van der Waals surface area contributed by atoms with Crippen molar-refractivity contribution >= 4 is 29.5 Å². The first kappa shape index (κ1) is 16.8. The van der Waals surface area contributed by atoms with Crippen LogP contribution in [0.4, 0.5) is 4.79 Å². The van der Waals surface area contributed by atoms with E-state index in [9.17, 15) is 19.5 Å². The number of hydrogen-bond acceptors (Lipinski definition) is 3. The molecule has 0 aromatic heterocycles. The summed E-state index contributed by atoms with van der Waals surface area (Å²) < 4.78 is 0. The Morgan fingerprint density at radius 2 is 1.81 bits per heavy atom. The monoisotopic (exact) mass is 313 g/mol. The van der Waals surface area contributed by atoms with Crippen LogP contribution in [0.2, 0.25) is 5.02 Å². The molecule has 0 spiro atoms. The molecule has 8 heteroatoms. The van der Waals surface area contributed by atoms with Crippen LogP contribution in [0.15, 0.2) is 24.3 Å². The lowest BCUT2D eigenvalue weighted by Gasteiger charge is -2.18. The van der Waals surface area contributed by atoms with Crippen molar-refractivity contribution in [3.8, 4) is 0 Å². The summed E-state index contributed by atoms with van der Waals surface area (Å²) in [6, 6.07) is 3.41.